The molecule has 9 heteroatoms. The number of fused-ring (bicyclic) bond motifs is 1. The highest BCUT2D eigenvalue weighted by atomic mass is 32.2. The number of anilines is 1. The van der Waals surface area contributed by atoms with Crippen LogP contribution in [0.4, 0.5) is 5.82 Å². The maximum atomic E-state index is 13.4. The molecule has 1 saturated heterocycles. The van der Waals surface area contributed by atoms with Crippen LogP contribution in [0.1, 0.15) is 29.9 Å². The second kappa shape index (κ2) is 9.28. The Kier molecular flexibility index (Phi) is 6.04. The Labute approximate surface area is 205 Å². The molecule has 0 saturated carbocycles. The number of aromatic nitrogens is 2. The molecule has 7 nitrogen and oxygen atoms in total. The van der Waals surface area contributed by atoms with Crippen LogP contribution in [0.3, 0.4) is 0 Å². The summed E-state index contributed by atoms with van der Waals surface area (Å²) in [4.78, 5) is 33.3. The largest absolute Gasteiger partial charge is 0.467 e. The van der Waals surface area contributed by atoms with E-state index in [9.17, 15) is 9.59 Å². The summed E-state index contributed by atoms with van der Waals surface area (Å²) in [5.41, 5.74) is 1.47. The molecule has 1 aliphatic rings. The fourth-order valence-electron chi connectivity index (χ4n) is 3.78. The summed E-state index contributed by atoms with van der Waals surface area (Å²) >= 11 is 6.72. The highest BCUT2D eigenvalue weighted by Gasteiger charge is 2.36. The zero-order valence-electron chi connectivity index (χ0n) is 18.2. The average molecular weight is 489 g/mol. The van der Waals surface area contributed by atoms with Crippen molar-refractivity contribution in [2.45, 2.75) is 19.5 Å². The summed E-state index contributed by atoms with van der Waals surface area (Å²) in [6.07, 6.45) is 4.82. The lowest BCUT2D eigenvalue weighted by molar-refractivity contribution is -0.123. The third-order valence-electron chi connectivity index (χ3n) is 5.55. The van der Waals surface area contributed by atoms with Crippen LogP contribution in [0.2, 0.25) is 0 Å². The van der Waals surface area contributed by atoms with Crippen LogP contribution in [-0.2, 0) is 11.3 Å². The number of hydrogen-bond acceptors (Lipinski definition) is 7. The molecule has 1 amide bonds. The Balaban J connectivity index is 1.54. The van der Waals surface area contributed by atoms with Crippen LogP contribution in [-0.4, -0.2) is 24.5 Å². The number of thiocarbonyl (C=S) groups is 1. The van der Waals surface area contributed by atoms with E-state index in [-0.39, 0.29) is 23.1 Å². The molecule has 4 aromatic rings. The van der Waals surface area contributed by atoms with E-state index in [0.29, 0.717) is 33.0 Å². The standard InChI is InChI=1S/C25H20N4O3S2/c1-16(17-8-3-2-4-9-17)29-24(31)20(34-25(29)33)14-19-22(26-15-18-10-7-13-32-18)27-21-11-5-6-12-28(21)23(19)30/h2-14,16,26H,15H2,1H3/b20-14-/t16-/m1/s1. The Bertz CT molecular complexity index is 1460. The number of furan rings is 1. The van der Waals surface area contributed by atoms with Gasteiger partial charge in [-0.15, -0.1) is 0 Å². The van der Waals surface area contributed by atoms with Gasteiger partial charge in [0.1, 0.15) is 21.5 Å². The Morgan fingerprint density at radius 2 is 1.91 bits per heavy atom. The Hall–Kier alpha value is -3.69. The predicted molar refractivity (Wildman–Crippen MR) is 137 cm³/mol. The first-order valence-electron chi connectivity index (χ1n) is 10.6. The van der Waals surface area contributed by atoms with Gasteiger partial charge < -0.3 is 9.73 Å². The van der Waals surface area contributed by atoms with Crippen molar-refractivity contribution in [1.29, 1.82) is 0 Å². The molecule has 3 aromatic heterocycles. The van der Waals surface area contributed by atoms with Crippen molar-refractivity contribution in [1.82, 2.24) is 14.3 Å². The van der Waals surface area contributed by atoms with Crippen LogP contribution in [0.15, 0.2) is 87.2 Å². The fraction of sp³-hybridized carbons (Fsp3) is 0.120. The summed E-state index contributed by atoms with van der Waals surface area (Å²) in [5.74, 6) is 0.832. The summed E-state index contributed by atoms with van der Waals surface area (Å²) in [5, 5.41) is 3.18. The van der Waals surface area contributed by atoms with Gasteiger partial charge in [-0.25, -0.2) is 4.98 Å². The number of carbonyl (C=O) groups excluding carboxylic acids is 1. The number of nitrogens with zero attached hydrogens (tertiary/aromatic N) is 3. The zero-order chi connectivity index (χ0) is 23.7. The van der Waals surface area contributed by atoms with Crippen molar-refractivity contribution < 1.29 is 9.21 Å². The third-order valence-corrected chi connectivity index (χ3v) is 6.88. The van der Waals surface area contributed by atoms with E-state index >= 15 is 0 Å². The third kappa shape index (κ3) is 4.15. The Morgan fingerprint density at radius 3 is 2.68 bits per heavy atom. The average Bonchev–Trinajstić information content (AvgIpc) is 3.47. The van der Waals surface area contributed by atoms with Gasteiger partial charge in [-0.05, 0) is 42.8 Å². The quantitative estimate of drug-likeness (QED) is 0.307. The zero-order valence-corrected chi connectivity index (χ0v) is 19.8. The maximum absolute atomic E-state index is 13.4. The van der Waals surface area contributed by atoms with Crippen molar-refractivity contribution in [2.24, 2.45) is 0 Å². The van der Waals surface area contributed by atoms with Gasteiger partial charge in [0.25, 0.3) is 11.5 Å². The van der Waals surface area contributed by atoms with Crippen molar-refractivity contribution in [3.05, 3.63) is 105 Å². The molecule has 34 heavy (non-hydrogen) atoms. The van der Waals surface area contributed by atoms with Crippen LogP contribution in [0.5, 0.6) is 0 Å². The van der Waals surface area contributed by atoms with Crippen molar-refractivity contribution in [3.63, 3.8) is 0 Å². The number of amides is 1. The van der Waals surface area contributed by atoms with Crippen LogP contribution >= 0.6 is 24.0 Å². The fourth-order valence-corrected chi connectivity index (χ4v) is 5.18. The van der Waals surface area contributed by atoms with Crippen LogP contribution in [0, 0.1) is 0 Å². The number of thioether (sulfide) groups is 1. The van der Waals surface area contributed by atoms with Crippen LogP contribution in [0.25, 0.3) is 11.7 Å². The molecule has 1 aliphatic heterocycles. The molecule has 5 rings (SSSR count). The van der Waals surface area contributed by atoms with E-state index < -0.39 is 0 Å². The molecule has 0 aliphatic carbocycles. The molecule has 0 radical (unpaired) electrons. The number of carbonyl (C=O) groups is 1. The molecular formula is C25H20N4O3S2. The van der Waals surface area contributed by atoms with Crippen molar-refractivity contribution in [3.8, 4) is 0 Å². The van der Waals surface area contributed by atoms with E-state index in [0.717, 1.165) is 5.56 Å². The van der Waals surface area contributed by atoms with Gasteiger partial charge >= 0.3 is 0 Å². The first-order chi connectivity index (χ1) is 16.5. The predicted octanol–water partition coefficient (Wildman–Crippen LogP) is 4.86. The van der Waals surface area contributed by atoms with Gasteiger partial charge in [0.2, 0.25) is 0 Å². The highest BCUT2D eigenvalue weighted by molar-refractivity contribution is 8.26. The van der Waals surface area contributed by atoms with Gasteiger partial charge in [-0.2, -0.15) is 0 Å². The second-order valence-electron chi connectivity index (χ2n) is 7.68. The lowest BCUT2D eigenvalue weighted by atomic mass is 10.1. The topological polar surface area (TPSA) is 79.8 Å². The SMILES string of the molecule is C[C@H](c1ccccc1)N1C(=O)/C(=C/c2c(NCc3ccco3)nc3ccccn3c2=O)SC1=S. The molecule has 1 atom stereocenters. The summed E-state index contributed by atoms with van der Waals surface area (Å²) in [6, 6.07) is 18.4. The monoisotopic (exact) mass is 488 g/mol. The maximum Gasteiger partial charge on any atom is 0.267 e. The van der Waals surface area contributed by atoms with Gasteiger partial charge in [-0.1, -0.05) is 60.4 Å². The minimum atomic E-state index is -0.283. The van der Waals surface area contributed by atoms with Crippen LogP contribution < -0.4 is 10.9 Å². The lowest BCUT2D eigenvalue weighted by Gasteiger charge is -2.23. The van der Waals surface area contributed by atoms with Gasteiger partial charge in [-0.3, -0.25) is 18.9 Å². The number of hydrogen-bond donors (Lipinski definition) is 1. The van der Waals surface area contributed by atoms with E-state index in [1.807, 2.05) is 49.4 Å². The molecule has 0 unspecified atom stereocenters. The number of nitrogens with one attached hydrogen (secondary N) is 1. The molecular weight excluding hydrogens is 468 g/mol. The van der Waals surface area contributed by atoms with E-state index in [1.54, 1.807) is 41.6 Å². The normalized spacial score (nSPS) is 15.9. The second-order valence-corrected chi connectivity index (χ2v) is 9.36. The number of rotatable bonds is 6. The molecule has 0 bridgehead atoms. The van der Waals surface area contributed by atoms with Gasteiger partial charge in [0, 0.05) is 6.20 Å². The summed E-state index contributed by atoms with van der Waals surface area (Å²) in [6.45, 7) is 2.28. The van der Waals surface area contributed by atoms with Crippen molar-refractivity contribution >= 4 is 51.7 Å². The minimum absolute atomic E-state index is 0.230. The van der Waals surface area contributed by atoms with E-state index in [4.69, 9.17) is 16.6 Å². The first-order valence-corrected chi connectivity index (χ1v) is 11.8. The van der Waals surface area contributed by atoms with Gasteiger partial charge in [0.05, 0.1) is 29.3 Å². The smallest absolute Gasteiger partial charge is 0.267 e. The minimum Gasteiger partial charge on any atom is -0.467 e. The summed E-state index contributed by atoms with van der Waals surface area (Å²) < 4.78 is 7.29. The Morgan fingerprint density at radius 1 is 1.12 bits per heavy atom. The van der Waals surface area contributed by atoms with E-state index in [1.165, 1.54) is 16.2 Å². The number of pyridine rings is 1. The first kappa shape index (κ1) is 22.1. The molecule has 1 N–H and O–H groups in total. The van der Waals surface area contributed by atoms with E-state index in [2.05, 4.69) is 10.3 Å². The lowest BCUT2D eigenvalue weighted by Crippen LogP contribution is -2.31. The number of benzene rings is 1. The molecule has 1 fully saturated rings. The molecule has 0 spiro atoms. The molecule has 4 heterocycles. The summed E-state index contributed by atoms with van der Waals surface area (Å²) in [7, 11) is 0. The van der Waals surface area contributed by atoms with Gasteiger partial charge in [0.15, 0.2) is 0 Å². The highest BCUT2D eigenvalue weighted by Crippen LogP contribution is 2.38. The molecule has 1 aromatic carbocycles. The van der Waals surface area contributed by atoms with Crippen molar-refractivity contribution in [2.75, 3.05) is 5.32 Å². The molecule has 170 valence electrons.